The van der Waals surface area contributed by atoms with Crippen molar-refractivity contribution in [1.82, 2.24) is 5.43 Å². The second-order valence-electron chi connectivity index (χ2n) is 4.76. The van der Waals surface area contributed by atoms with E-state index in [2.05, 4.69) is 45.5 Å². The van der Waals surface area contributed by atoms with E-state index in [4.69, 9.17) is 0 Å². The Balaban J connectivity index is 1.72. The first kappa shape index (κ1) is 16.8. The van der Waals surface area contributed by atoms with Crippen LogP contribution in [-0.2, 0) is 10.5 Å². The molecule has 0 aliphatic heterocycles. The number of carbonyl (C=O) groups excluding carboxylic acids is 1. The van der Waals surface area contributed by atoms with Crippen LogP contribution in [0.5, 0.6) is 0 Å². The van der Waals surface area contributed by atoms with Gasteiger partial charge in [0.2, 0.25) is 5.91 Å². The van der Waals surface area contributed by atoms with E-state index in [1.54, 1.807) is 18.0 Å². The molecule has 3 nitrogen and oxygen atoms in total. The summed E-state index contributed by atoms with van der Waals surface area (Å²) in [6, 6.07) is 15.9. The summed E-state index contributed by atoms with van der Waals surface area (Å²) < 4.78 is 1.02. The van der Waals surface area contributed by atoms with Crippen molar-refractivity contribution in [2.24, 2.45) is 5.10 Å². The minimum absolute atomic E-state index is 0.0908. The molecule has 0 saturated heterocycles. The van der Waals surface area contributed by atoms with Gasteiger partial charge in [0.15, 0.2) is 0 Å². The molecular formula is C17H17BrN2OS. The van der Waals surface area contributed by atoms with Gasteiger partial charge >= 0.3 is 0 Å². The number of carbonyl (C=O) groups is 1. The Morgan fingerprint density at radius 3 is 2.68 bits per heavy atom. The molecule has 0 aliphatic rings. The Morgan fingerprint density at radius 2 is 1.95 bits per heavy atom. The Kier molecular flexibility index (Phi) is 6.68. The van der Waals surface area contributed by atoms with Gasteiger partial charge in [0.25, 0.3) is 0 Å². The molecule has 1 N–H and O–H groups in total. The number of halogens is 1. The number of hydrazone groups is 1. The summed E-state index contributed by atoms with van der Waals surface area (Å²) in [6.45, 7) is 2.08. The zero-order valence-electron chi connectivity index (χ0n) is 12.3. The number of hydrogen-bond donors (Lipinski definition) is 1. The Morgan fingerprint density at radius 1 is 1.23 bits per heavy atom. The fraction of sp³-hybridized carbons (Fsp3) is 0.176. The smallest absolute Gasteiger partial charge is 0.250 e. The molecule has 22 heavy (non-hydrogen) atoms. The van der Waals surface area contributed by atoms with E-state index in [0.29, 0.717) is 5.75 Å². The van der Waals surface area contributed by atoms with E-state index in [1.807, 2.05) is 36.4 Å². The van der Waals surface area contributed by atoms with E-state index < -0.39 is 0 Å². The van der Waals surface area contributed by atoms with E-state index in [1.165, 1.54) is 11.1 Å². The zero-order valence-corrected chi connectivity index (χ0v) is 14.7. The molecule has 0 atom stereocenters. The molecule has 2 aromatic rings. The topological polar surface area (TPSA) is 41.5 Å². The third-order valence-electron chi connectivity index (χ3n) is 3.02. The van der Waals surface area contributed by atoms with Crippen LogP contribution in [0.1, 0.15) is 16.7 Å². The number of nitrogens with zero attached hydrogens (tertiary/aromatic N) is 1. The van der Waals surface area contributed by atoms with E-state index in [0.717, 1.165) is 15.8 Å². The molecule has 0 bridgehead atoms. The fourth-order valence-corrected chi connectivity index (χ4v) is 2.95. The second kappa shape index (κ2) is 8.76. The lowest BCUT2D eigenvalue weighted by atomic mass is 10.1. The van der Waals surface area contributed by atoms with Crippen molar-refractivity contribution in [3.05, 3.63) is 69.7 Å². The molecule has 0 saturated carbocycles. The maximum absolute atomic E-state index is 11.7. The number of benzene rings is 2. The maximum atomic E-state index is 11.7. The van der Waals surface area contributed by atoms with Gasteiger partial charge in [-0.2, -0.15) is 5.10 Å². The molecule has 0 unspecified atom stereocenters. The molecular weight excluding hydrogens is 360 g/mol. The van der Waals surface area contributed by atoms with Crippen LogP contribution in [0.15, 0.2) is 58.1 Å². The van der Waals surface area contributed by atoms with Crippen LogP contribution in [0.3, 0.4) is 0 Å². The minimum Gasteiger partial charge on any atom is -0.272 e. The van der Waals surface area contributed by atoms with Crippen LogP contribution < -0.4 is 5.43 Å². The highest BCUT2D eigenvalue weighted by molar-refractivity contribution is 9.10. The standard InChI is InChI=1S/C17H17BrN2OS/c1-13-4-2-3-5-15(13)11-22-12-17(21)20-19-10-14-6-8-16(18)9-7-14/h2-10H,11-12H2,1H3,(H,20,21)/b19-10+. The summed E-state index contributed by atoms with van der Waals surface area (Å²) in [6.07, 6.45) is 1.64. The van der Waals surface area contributed by atoms with E-state index >= 15 is 0 Å². The molecule has 0 aliphatic carbocycles. The van der Waals surface area contributed by atoms with Crippen molar-refractivity contribution in [2.45, 2.75) is 12.7 Å². The molecule has 2 rings (SSSR count). The number of thioether (sulfide) groups is 1. The first-order chi connectivity index (χ1) is 10.6. The first-order valence-corrected chi connectivity index (χ1v) is 8.79. The van der Waals surface area contributed by atoms with Gasteiger partial charge in [-0.15, -0.1) is 11.8 Å². The van der Waals surface area contributed by atoms with Crippen LogP contribution in [0, 0.1) is 6.92 Å². The van der Waals surface area contributed by atoms with Crippen LogP contribution in [0.4, 0.5) is 0 Å². The lowest BCUT2D eigenvalue weighted by molar-refractivity contribution is -0.118. The first-order valence-electron chi connectivity index (χ1n) is 6.85. The SMILES string of the molecule is Cc1ccccc1CSCC(=O)N/N=C/c1ccc(Br)cc1. The van der Waals surface area contributed by atoms with Crippen LogP contribution >= 0.6 is 27.7 Å². The summed E-state index contributed by atoms with van der Waals surface area (Å²) in [5, 5.41) is 3.96. The average molecular weight is 377 g/mol. The van der Waals surface area contributed by atoms with E-state index in [9.17, 15) is 4.79 Å². The molecule has 0 heterocycles. The van der Waals surface area contributed by atoms with Gasteiger partial charge in [-0.25, -0.2) is 5.43 Å². The number of nitrogens with one attached hydrogen (secondary N) is 1. The van der Waals surface area contributed by atoms with Crippen molar-refractivity contribution in [2.75, 3.05) is 5.75 Å². The predicted molar refractivity (Wildman–Crippen MR) is 97.2 cm³/mol. The monoisotopic (exact) mass is 376 g/mol. The van der Waals surface area contributed by atoms with Gasteiger partial charge in [0.05, 0.1) is 12.0 Å². The molecule has 0 spiro atoms. The van der Waals surface area contributed by atoms with Crippen molar-refractivity contribution < 1.29 is 4.79 Å². The highest BCUT2D eigenvalue weighted by atomic mass is 79.9. The van der Waals surface area contributed by atoms with Crippen molar-refractivity contribution in [3.63, 3.8) is 0 Å². The van der Waals surface area contributed by atoms with Crippen molar-refractivity contribution >= 4 is 39.8 Å². The summed E-state index contributed by atoms with van der Waals surface area (Å²) >= 11 is 4.96. The normalized spacial score (nSPS) is 10.8. The van der Waals surface area contributed by atoms with E-state index in [-0.39, 0.29) is 5.91 Å². The van der Waals surface area contributed by atoms with Crippen molar-refractivity contribution in [1.29, 1.82) is 0 Å². The molecule has 1 amide bonds. The number of amides is 1. The minimum atomic E-state index is -0.0908. The highest BCUT2D eigenvalue weighted by Crippen LogP contribution is 2.15. The summed E-state index contributed by atoms with van der Waals surface area (Å²) in [5.74, 6) is 1.13. The van der Waals surface area contributed by atoms with Gasteiger partial charge in [0.1, 0.15) is 0 Å². The largest absolute Gasteiger partial charge is 0.272 e. The Hall–Kier alpha value is -1.59. The highest BCUT2D eigenvalue weighted by Gasteiger charge is 2.02. The molecule has 114 valence electrons. The van der Waals surface area contributed by atoms with Crippen LogP contribution in [0.25, 0.3) is 0 Å². The number of aryl methyl sites for hydroxylation is 1. The molecule has 5 heteroatoms. The maximum Gasteiger partial charge on any atom is 0.250 e. The number of rotatable bonds is 6. The molecule has 2 aromatic carbocycles. The molecule has 0 aromatic heterocycles. The number of hydrogen-bond acceptors (Lipinski definition) is 3. The molecule has 0 radical (unpaired) electrons. The van der Waals surface area contributed by atoms with Gasteiger partial charge < -0.3 is 0 Å². The van der Waals surface area contributed by atoms with Gasteiger partial charge in [-0.1, -0.05) is 52.3 Å². The van der Waals surface area contributed by atoms with Gasteiger partial charge in [0, 0.05) is 10.2 Å². The lowest BCUT2D eigenvalue weighted by Crippen LogP contribution is -2.19. The van der Waals surface area contributed by atoms with Crippen LogP contribution in [0.2, 0.25) is 0 Å². The predicted octanol–water partition coefficient (Wildman–Crippen LogP) is 4.14. The average Bonchev–Trinajstić information content (AvgIpc) is 2.51. The van der Waals surface area contributed by atoms with Gasteiger partial charge in [-0.3, -0.25) is 4.79 Å². The third kappa shape index (κ3) is 5.66. The fourth-order valence-electron chi connectivity index (χ4n) is 1.79. The summed E-state index contributed by atoms with van der Waals surface area (Å²) in [5.41, 5.74) is 6.00. The van der Waals surface area contributed by atoms with Gasteiger partial charge in [-0.05, 0) is 35.7 Å². The lowest BCUT2D eigenvalue weighted by Gasteiger charge is -2.04. The summed E-state index contributed by atoms with van der Waals surface area (Å²) in [4.78, 5) is 11.7. The zero-order chi connectivity index (χ0) is 15.8. The second-order valence-corrected chi connectivity index (χ2v) is 6.67. The Labute approximate surface area is 143 Å². The summed E-state index contributed by atoms with van der Waals surface area (Å²) in [7, 11) is 0. The third-order valence-corrected chi connectivity index (χ3v) is 4.53. The quantitative estimate of drug-likeness (QED) is 0.607. The molecule has 0 fully saturated rings. The Bertz CT molecular complexity index is 656. The van der Waals surface area contributed by atoms with Crippen LogP contribution in [-0.4, -0.2) is 17.9 Å². The van der Waals surface area contributed by atoms with Crippen molar-refractivity contribution in [3.8, 4) is 0 Å².